The molecule has 2 heteroatoms. The first-order chi connectivity index (χ1) is 8.72. The van der Waals surface area contributed by atoms with E-state index >= 15 is 0 Å². The summed E-state index contributed by atoms with van der Waals surface area (Å²) in [6, 6.07) is 9.09. The summed E-state index contributed by atoms with van der Waals surface area (Å²) >= 11 is 0. The Kier molecular flexibility index (Phi) is 4.65. The van der Waals surface area contributed by atoms with Crippen molar-refractivity contribution in [3.8, 4) is 0 Å². The van der Waals surface area contributed by atoms with E-state index in [-0.39, 0.29) is 6.04 Å². The molecule has 0 aliphatic carbocycles. The molecule has 1 aliphatic heterocycles. The van der Waals surface area contributed by atoms with Crippen LogP contribution in [0.15, 0.2) is 24.3 Å². The molecule has 100 valence electrons. The molecule has 2 unspecified atom stereocenters. The molecule has 1 aliphatic rings. The fourth-order valence-electron chi connectivity index (χ4n) is 2.70. The topological polar surface area (TPSA) is 29.3 Å². The highest BCUT2D eigenvalue weighted by atomic mass is 15.1. The third-order valence-electron chi connectivity index (χ3n) is 4.26. The molecule has 1 heterocycles. The zero-order chi connectivity index (χ0) is 13.0. The third-order valence-corrected chi connectivity index (χ3v) is 4.26. The van der Waals surface area contributed by atoms with Crippen LogP contribution in [0.1, 0.15) is 38.7 Å². The second-order valence-electron chi connectivity index (χ2n) is 5.58. The van der Waals surface area contributed by atoms with Gasteiger partial charge in [0.1, 0.15) is 0 Å². The van der Waals surface area contributed by atoms with Crippen molar-refractivity contribution >= 4 is 5.69 Å². The van der Waals surface area contributed by atoms with Crippen LogP contribution in [0, 0.1) is 5.92 Å². The molecule has 2 rings (SSSR count). The quantitative estimate of drug-likeness (QED) is 0.884. The molecule has 1 aromatic carbocycles. The number of anilines is 1. The minimum Gasteiger partial charge on any atom is -0.370 e. The molecule has 0 spiro atoms. The maximum Gasteiger partial charge on any atom is 0.0399 e. The summed E-state index contributed by atoms with van der Waals surface area (Å²) in [4.78, 5) is 2.50. The lowest BCUT2D eigenvalue weighted by Gasteiger charge is -2.30. The summed E-state index contributed by atoms with van der Waals surface area (Å²) in [5.41, 5.74) is 9.23. The number of nitrogens with zero attached hydrogens (tertiary/aromatic N) is 1. The van der Waals surface area contributed by atoms with Crippen LogP contribution >= 0.6 is 0 Å². The fourth-order valence-corrected chi connectivity index (χ4v) is 2.70. The summed E-state index contributed by atoms with van der Waals surface area (Å²) in [7, 11) is 0. The molecule has 0 saturated carbocycles. The molecule has 0 saturated heterocycles. The van der Waals surface area contributed by atoms with E-state index in [1.54, 1.807) is 0 Å². The van der Waals surface area contributed by atoms with E-state index in [1.807, 2.05) is 0 Å². The maximum absolute atomic E-state index is 6.33. The highest BCUT2D eigenvalue weighted by Gasteiger charge is 2.19. The highest BCUT2D eigenvalue weighted by molar-refractivity contribution is 5.54. The third kappa shape index (κ3) is 3.05. The van der Waals surface area contributed by atoms with Crippen molar-refractivity contribution in [3.05, 3.63) is 29.8 Å². The van der Waals surface area contributed by atoms with Crippen LogP contribution in [0.2, 0.25) is 0 Å². The Morgan fingerprint density at radius 1 is 1.28 bits per heavy atom. The Labute approximate surface area is 111 Å². The SMILES string of the molecule is CCC(C)C(N)CN1CCCCc2ccccc21. The van der Waals surface area contributed by atoms with Gasteiger partial charge in [0.05, 0.1) is 0 Å². The lowest BCUT2D eigenvalue weighted by Crippen LogP contribution is -2.41. The molecular weight excluding hydrogens is 220 g/mol. The molecular formula is C16H26N2. The summed E-state index contributed by atoms with van der Waals surface area (Å²) in [5, 5.41) is 0. The fraction of sp³-hybridized carbons (Fsp3) is 0.625. The van der Waals surface area contributed by atoms with Gasteiger partial charge < -0.3 is 10.6 Å². The summed E-state index contributed by atoms with van der Waals surface area (Å²) in [5.74, 6) is 0.598. The van der Waals surface area contributed by atoms with Gasteiger partial charge in [-0.15, -0.1) is 0 Å². The Balaban J connectivity index is 2.13. The predicted molar refractivity (Wildman–Crippen MR) is 79.0 cm³/mol. The van der Waals surface area contributed by atoms with E-state index in [0.717, 1.165) is 19.5 Å². The number of fused-ring (bicyclic) bond motifs is 1. The molecule has 0 aromatic heterocycles. The summed E-state index contributed by atoms with van der Waals surface area (Å²) in [6.45, 7) is 6.63. The second kappa shape index (κ2) is 6.24. The second-order valence-corrected chi connectivity index (χ2v) is 5.58. The van der Waals surface area contributed by atoms with Gasteiger partial charge in [0.25, 0.3) is 0 Å². The van der Waals surface area contributed by atoms with Gasteiger partial charge in [-0.1, -0.05) is 38.5 Å². The Morgan fingerprint density at radius 3 is 2.83 bits per heavy atom. The largest absolute Gasteiger partial charge is 0.370 e. The number of nitrogens with two attached hydrogens (primary N) is 1. The number of aryl methyl sites for hydroxylation is 1. The average molecular weight is 246 g/mol. The maximum atomic E-state index is 6.33. The average Bonchev–Trinajstić information content (AvgIpc) is 2.60. The van der Waals surface area contributed by atoms with Gasteiger partial charge >= 0.3 is 0 Å². The van der Waals surface area contributed by atoms with Crippen molar-refractivity contribution in [1.29, 1.82) is 0 Å². The molecule has 0 bridgehead atoms. The van der Waals surface area contributed by atoms with Crippen LogP contribution in [0.4, 0.5) is 5.69 Å². The van der Waals surface area contributed by atoms with Crippen molar-refractivity contribution in [2.45, 2.75) is 45.6 Å². The van der Waals surface area contributed by atoms with Gasteiger partial charge in [-0.05, 0) is 36.8 Å². The van der Waals surface area contributed by atoms with Crippen LogP contribution in [0.3, 0.4) is 0 Å². The zero-order valence-electron chi connectivity index (χ0n) is 11.7. The normalized spacial score (nSPS) is 18.9. The highest BCUT2D eigenvalue weighted by Crippen LogP contribution is 2.26. The minimum atomic E-state index is 0.279. The Bertz CT molecular complexity index is 375. The number of para-hydroxylation sites is 1. The van der Waals surface area contributed by atoms with E-state index in [1.165, 1.54) is 30.5 Å². The number of hydrogen-bond acceptors (Lipinski definition) is 2. The van der Waals surface area contributed by atoms with E-state index in [2.05, 4.69) is 43.0 Å². The van der Waals surface area contributed by atoms with Crippen molar-refractivity contribution in [1.82, 2.24) is 0 Å². The summed E-state index contributed by atoms with van der Waals surface area (Å²) < 4.78 is 0. The standard InChI is InChI=1S/C16H26N2/c1-3-13(2)15(17)12-18-11-7-6-9-14-8-4-5-10-16(14)18/h4-5,8,10,13,15H,3,6-7,9,11-12,17H2,1-2H3. The van der Waals surface area contributed by atoms with E-state index in [0.29, 0.717) is 5.92 Å². The van der Waals surface area contributed by atoms with Crippen molar-refractivity contribution in [2.75, 3.05) is 18.0 Å². The minimum absolute atomic E-state index is 0.279. The lowest BCUT2D eigenvalue weighted by atomic mass is 9.99. The molecule has 2 nitrogen and oxygen atoms in total. The van der Waals surface area contributed by atoms with Gasteiger partial charge in [-0.25, -0.2) is 0 Å². The van der Waals surface area contributed by atoms with Gasteiger partial charge in [-0.3, -0.25) is 0 Å². The first kappa shape index (κ1) is 13.4. The van der Waals surface area contributed by atoms with E-state index < -0.39 is 0 Å². The van der Waals surface area contributed by atoms with Crippen molar-refractivity contribution in [3.63, 3.8) is 0 Å². The number of rotatable bonds is 4. The predicted octanol–water partition coefficient (Wildman–Crippen LogP) is 3.20. The molecule has 0 amide bonds. The van der Waals surface area contributed by atoms with Gasteiger partial charge in [0, 0.05) is 24.8 Å². The van der Waals surface area contributed by atoms with Crippen LogP contribution < -0.4 is 10.6 Å². The molecule has 0 radical (unpaired) electrons. The first-order valence-electron chi connectivity index (χ1n) is 7.30. The monoisotopic (exact) mass is 246 g/mol. The lowest BCUT2D eigenvalue weighted by molar-refractivity contribution is 0.437. The summed E-state index contributed by atoms with van der Waals surface area (Å²) in [6.07, 6.45) is 4.95. The van der Waals surface area contributed by atoms with Crippen LogP contribution in [0.25, 0.3) is 0 Å². The van der Waals surface area contributed by atoms with E-state index in [9.17, 15) is 0 Å². The molecule has 0 fully saturated rings. The van der Waals surface area contributed by atoms with Crippen molar-refractivity contribution < 1.29 is 0 Å². The molecule has 2 atom stereocenters. The molecule has 18 heavy (non-hydrogen) atoms. The molecule has 2 N–H and O–H groups in total. The Morgan fingerprint density at radius 2 is 2.06 bits per heavy atom. The Hall–Kier alpha value is -1.02. The van der Waals surface area contributed by atoms with Gasteiger partial charge in [-0.2, -0.15) is 0 Å². The van der Waals surface area contributed by atoms with Crippen LogP contribution in [0.5, 0.6) is 0 Å². The number of benzene rings is 1. The van der Waals surface area contributed by atoms with Gasteiger partial charge in [0.15, 0.2) is 0 Å². The smallest absolute Gasteiger partial charge is 0.0399 e. The van der Waals surface area contributed by atoms with Gasteiger partial charge in [0.2, 0.25) is 0 Å². The zero-order valence-corrected chi connectivity index (χ0v) is 11.7. The first-order valence-corrected chi connectivity index (χ1v) is 7.30. The van der Waals surface area contributed by atoms with Crippen LogP contribution in [-0.2, 0) is 6.42 Å². The van der Waals surface area contributed by atoms with Crippen molar-refractivity contribution in [2.24, 2.45) is 11.7 Å². The van der Waals surface area contributed by atoms with E-state index in [4.69, 9.17) is 5.73 Å². The number of hydrogen-bond donors (Lipinski definition) is 1. The van der Waals surface area contributed by atoms with Crippen LogP contribution in [-0.4, -0.2) is 19.1 Å². The molecule has 1 aromatic rings.